The minimum atomic E-state index is 0.269. The number of aromatic nitrogens is 4. The second-order valence-electron chi connectivity index (χ2n) is 3.42. The highest BCUT2D eigenvalue weighted by atomic mass is 79.9. The first-order valence-corrected chi connectivity index (χ1v) is 5.21. The van der Waals surface area contributed by atoms with Crippen LogP contribution in [0.1, 0.15) is 18.9 Å². The first-order valence-electron chi connectivity index (χ1n) is 4.41. The molecule has 0 aromatic carbocycles. The number of hydrogen-bond acceptors (Lipinski definition) is 4. The van der Waals surface area contributed by atoms with Crippen molar-refractivity contribution in [3.63, 3.8) is 0 Å². The first kappa shape index (κ1) is 8.16. The van der Waals surface area contributed by atoms with Crippen molar-refractivity contribution < 1.29 is 0 Å². The Morgan fingerprint density at radius 1 is 1.43 bits per heavy atom. The highest BCUT2D eigenvalue weighted by molar-refractivity contribution is 9.10. The van der Waals surface area contributed by atoms with Crippen molar-refractivity contribution in [3.05, 3.63) is 10.9 Å². The monoisotopic (exact) mass is 253 g/mol. The lowest BCUT2D eigenvalue weighted by atomic mass is 10.5. The van der Waals surface area contributed by atoms with Crippen LogP contribution in [-0.4, -0.2) is 19.5 Å². The molecular weight excluding hydrogens is 246 g/mol. The number of nitrogen functional groups attached to an aromatic ring is 1. The summed E-state index contributed by atoms with van der Waals surface area (Å²) in [4.78, 5) is 12.3. The Kier molecular flexibility index (Phi) is 1.55. The largest absolute Gasteiger partial charge is 0.368 e. The molecule has 2 aromatic heterocycles. The number of imidazole rings is 1. The van der Waals surface area contributed by atoms with Gasteiger partial charge in [0.25, 0.3) is 0 Å². The number of nitrogens with two attached hydrogens (primary N) is 1. The summed E-state index contributed by atoms with van der Waals surface area (Å²) in [5.41, 5.74) is 7.10. The maximum atomic E-state index is 5.49. The van der Waals surface area contributed by atoms with Gasteiger partial charge < -0.3 is 10.3 Å². The van der Waals surface area contributed by atoms with Crippen LogP contribution in [0.25, 0.3) is 11.2 Å². The van der Waals surface area contributed by atoms with Gasteiger partial charge in [0.15, 0.2) is 10.4 Å². The summed E-state index contributed by atoms with van der Waals surface area (Å²) in [7, 11) is 0. The van der Waals surface area contributed by atoms with E-state index in [1.165, 1.54) is 12.8 Å². The molecule has 0 radical (unpaired) electrons. The molecule has 2 heterocycles. The van der Waals surface area contributed by atoms with E-state index < -0.39 is 0 Å². The van der Waals surface area contributed by atoms with E-state index in [4.69, 9.17) is 5.73 Å². The molecule has 0 spiro atoms. The normalized spacial score (nSPS) is 16.4. The number of anilines is 1. The topological polar surface area (TPSA) is 69.6 Å². The summed E-state index contributed by atoms with van der Waals surface area (Å²) >= 11 is 3.42. The zero-order valence-corrected chi connectivity index (χ0v) is 8.90. The van der Waals surface area contributed by atoms with Gasteiger partial charge in [-0.15, -0.1) is 0 Å². The maximum absolute atomic E-state index is 5.49. The second-order valence-corrected chi connectivity index (χ2v) is 4.13. The molecule has 0 aliphatic heterocycles. The standard InChI is InChI=1S/C8H8BrN5/c9-7-12-6-5(3-11-8(10)13-6)14(7)4-1-2-4/h3-4H,1-2H2,(H2,10,11,13). The van der Waals surface area contributed by atoms with Gasteiger partial charge in [-0.05, 0) is 28.8 Å². The van der Waals surface area contributed by atoms with Gasteiger partial charge in [-0.3, -0.25) is 0 Å². The van der Waals surface area contributed by atoms with Crippen molar-refractivity contribution >= 4 is 33.0 Å². The molecule has 72 valence electrons. The molecule has 5 nitrogen and oxygen atoms in total. The zero-order valence-electron chi connectivity index (χ0n) is 7.31. The molecule has 6 heteroatoms. The van der Waals surface area contributed by atoms with E-state index in [1.54, 1.807) is 6.20 Å². The lowest BCUT2D eigenvalue weighted by Gasteiger charge is -2.01. The average Bonchev–Trinajstić information content (AvgIpc) is 2.89. The minimum Gasteiger partial charge on any atom is -0.368 e. The Bertz CT molecular complexity index is 502. The fraction of sp³-hybridized carbons (Fsp3) is 0.375. The van der Waals surface area contributed by atoms with Gasteiger partial charge in [-0.25, -0.2) is 9.97 Å². The Morgan fingerprint density at radius 3 is 2.93 bits per heavy atom. The van der Waals surface area contributed by atoms with Crippen LogP contribution < -0.4 is 5.73 Å². The van der Waals surface area contributed by atoms with Crippen LogP contribution in [0.5, 0.6) is 0 Å². The average molecular weight is 254 g/mol. The van der Waals surface area contributed by atoms with Gasteiger partial charge in [-0.2, -0.15) is 4.98 Å². The van der Waals surface area contributed by atoms with Crippen LogP contribution in [0.3, 0.4) is 0 Å². The van der Waals surface area contributed by atoms with Crippen molar-refractivity contribution in [2.45, 2.75) is 18.9 Å². The van der Waals surface area contributed by atoms with Gasteiger partial charge in [0.05, 0.1) is 6.20 Å². The Labute approximate surface area is 88.5 Å². The molecule has 1 aliphatic rings. The SMILES string of the molecule is Nc1ncc2c(n1)nc(Br)n2C1CC1. The third-order valence-corrected chi connectivity index (χ3v) is 2.90. The maximum Gasteiger partial charge on any atom is 0.222 e. The Morgan fingerprint density at radius 2 is 2.21 bits per heavy atom. The van der Waals surface area contributed by atoms with Crippen LogP contribution in [0.15, 0.2) is 10.9 Å². The Hall–Kier alpha value is -1.17. The van der Waals surface area contributed by atoms with Crippen LogP contribution in [0, 0.1) is 0 Å². The van der Waals surface area contributed by atoms with Crippen LogP contribution in [-0.2, 0) is 0 Å². The molecule has 1 aliphatic carbocycles. The highest BCUT2D eigenvalue weighted by Gasteiger charge is 2.27. The molecule has 14 heavy (non-hydrogen) atoms. The van der Waals surface area contributed by atoms with Crippen molar-refractivity contribution in [1.29, 1.82) is 0 Å². The molecular formula is C8H8BrN5. The van der Waals surface area contributed by atoms with E-state index in [1.807, 2.05) is 0 Å². The predicted molar refractivity (Wildman–Crippen MR) is 55.7 cm³/mol. The van der Waals surface area contributed by atoms with E-state index in [9.17, 15) is 0 Å². The van der Waals surface area contributed by atoms with Crippen molar-refractivity contribution in [1.82, 2.24) is 19.5 Å². The smallest absolute Gasteiger partial charge is 0.222 e. The molecule has 0 unspecified atom stereocenters. The van der Waals surface area contributed by atoms with Gasteiger partial charge in [0.1, 0.15) is 5.52 Å². The summed E-state index contributed by atoms with van der Waals surface area (Å²) in [5.74, 6) is 0.269. The van der Waals surface area contributed by atoms with Crippen LogP contribution in [0.4, 0.5) is 5.95 Å². The predicted octanol–water partition coefficient (Wildman–Crippen LogP) is 1.51. The molecule has 2 aromatic rings. The third-order valence-electron chi connectivity index (χ3n) is 2.34. The molecule has 0 atom stereocenters. The molecule has 3 rings (SSSR count). The fourth-order valence-electron chi connectivity index (χ4n) is 1.55. The van der Waals surface area contributed by atoms with Gasteiger partial charge in [-0.1, -0.05) is 0 Å². The quantitative estimate of drug-likeness (QED) is 0.783. The van der Waals surface area contributed by atoms with E-state index in [2.05, 4.69) is 35.4 Å². The van der Waals surface area contributed by atoms with Crippen molar-refractivity contribution in [2.75, 3.05) is 5.73 Å². The molecule has 0 saturated heterocycles. The molecule has 2 N–H and O–H groups in total. The summed E-state index contributed by atoms with van der Waals surface area (Å²) < 4.78 is 2.93. The number of nitrogens with zero attached hydrogens (tertiary/aromatic N) is 4. The molecule has 1 saturated carbocycles. The van der Waals surface area contributed by atoms with Gasteiger partial charge in [0.2, 0.25) is 5.95 Å². The van der Waals surface area contributed by atoms with Gasteiger partial charge in [0, 0.05) is 6.04 Å². The van der Waals surface area contributed by atoms with Crippen molar-refractivity contribution in [3.8, 4) is 0 Å². The number of hydrogen-bond donors (Lipinski definition) is 1. The zero-order chi connectivity index (χ0) is 9.71. The van der Waals surface area contributed by atoms with Crippen LogP contribution in [0.2, 0.25) is 0 Å². The van der Waals surface area contributed by atoms with E-state index >= 15 is 0 Å². The van der Waals surface area contributed by atoms with Gasteiger partial charge >= 0.3 is 0 Å². The molecule has 0 bridgehead atoms. The molecule has 1 fully saturated rings. The number of rotatable bonds is 1. The minimum absolute atomic E-state index is 0.269. The van der Waals surface area contributed by atoms with Crippen molar-refractivity contribution in [2.24, 2.45) is 0 Å². The van der Waals surface area contributed by atoms with E-state index in [0.717, 1.165) is 10.3 Å². The van der Waals surface area contributed by atoms with Crippen LogP contribution >= 0.6 is 15.9 Å². The lowest BCUT2D eigenvalue weighted by molar-refractivity contribution is 0.744. The number of fused-ring (bicyclic) bond motifs is 1. The fourth-order valence-corrected chi connectivity index (χ4v) is 2.20. The lowest BCUT2D eigenvalue weighted by Crippen LogP contribution is -1.97. The van der Waals surface area contributed by atoms with E-state index in [-0.39, 0.29) is 5.95 Å². The third kappa shape index (κ3) is 1.10. The second kappa shape index (κ2) is 2.66. The Balaban J connectivity index is 2.32. The molecule has 0 amide bonds. The first-order chi connectivity index (χ1) is 6.75. The summed E-state index contributed by atoms with van der Waals surface area (Å²) in [6.07, 6.45) is 4.14. The summed E-state index contributed by atoms with van der Waals surface area (Å²) in [6, 6.07) is 0.557. The number of halogens is 1. The summed E-state index contributed by atoms with van der Waals surface area (Å²) in [5, 5.41) is 0. The highest BCUT2D eigenvalue weighted by Crippen LogP contribution is 2.39. The summed E-state index contributed by atoms with van der Waals surface area (Å²) in [6.45, 7) is 0. The van der Waals surface area contributed by atoms with E-state index in [0.29, 0.717) is 11.7 Å².